The van der Waals surface area contributed by atoms with Gasteiger partial charge in [0.1, 0.15) is 0 Å². The predicted octanol–water partition coefficient (Wildman–Crippen LogP) is 1.73. The molecule has 1 aromatic rings. The highest BCUT2D eigenvalue weighted by Gasteiger charge is 2.01. The number of pyridine rings is 1. The lowest BCUT2D eigenvalue weighted by atomic mass is 10.2. The van der Waals surface area contributed by atoms with Gasteiger partial charge in [0.05, 0.1) is 7.11 Å². The lowest BCUT2D eigenvalue weighted by Gasteiger charge is -1.97. The summed E-state index contributed by atoms with van der Waals surface area (Å²) < 4.78 is 4.90. The van der Waals surface area contributed by atoms with Crippen molar-refractivity contribution in [3.05, 3.63) is 40.1 Å². The van der Waals surface area contributed by atoms with E-state index in [-0.39, 0.29) is 25.2 Å². The number of hydrogen-bond acceptors (Lipinski definition) is 5. The van der Waals surface area contributed by atoms with Gasteiger partial charge in [-0.1, -0.05) is 0 Å². The second-order valence-electron chi connectivity index (χ2n) is 3.59. The summed E-state index contributed by atoms with van der Waals surface area (Å²) in [6, 6.07) is 3.46. The summed E-state index contributed by atoms with van der Waals surface area (Å²) in [6.45, 7) is -0.177. The first-order valence-corrected chi connectivity index (χ1v) is 5.44. The number of allylic oxidation sites excluding steroid dienone is 1. The van der Waals surface area contributed by atoms with Gasteiger partial charge in [-0.25, -0.2) is 4.98 Å². The lowest BCUT2D eigenvalue weighted by Crippen LogP contribution is -2.03. The Morgan fingerprint density at radius 1 is 1.56 bits per heavy atom. The van der Waals surface area contributed by atoms with Crippen LogP contribution in [-0.2, 0) is 4.79 Å². The van der Waals surface area contributed by atoms with Crippen molar-refractivity contribution in [3.8, 4) is 5.88 Å². The van der Waals surface area contributed by atoms with Crippen molar-refractivity contribution in [2.45, 2.75) is 12.8 Å². The Kier molecular flexibility index (Phi) is 5.50. The third-order valence-corrected chi connectivity index (χ3v) is 2.19. The monoisotopic (exact) mass is 250 g/mol. The molecule has 1 rings (SSSR count). The van der Waals surface area contributed by atoms with E-state index in [2.05, 4.69) is 4.98 Å². The maximum atomic E-state index is 11.4. The molecule has 1 aromatic heterocycles. The van der Waals surface area contributed by atoms with Gasteiger partial charge in [-0.2, -0.15) is 0 Å². The van der Waals surface area contributed by atoms with Crippen LogP contribution in [0.4, 0.5) is 0 Å². The van der Waals surface area contributed by atoms with Gasteiger partial charge in [0.15, 0.2) is 5.78 Å². The number of rotatable bonds is 7. The first-order chi connectivity index (χ1) is 8.61. The fourth-order valence-corrected chi connectivity index (χ4v) is 1.27. The standard InChI is InChI=1S/C12H14N2O4/c1-18-12-7-5-10(9-13-12)4-6-11(15)3-2-8-14(16)17/h4-7,9H,2-3,8H2,1H3. The number of nitro groups is 1. The Hall–Kier alpha value is -2.24. The van der Waals surface area contributed by atoms with Gasteiger partial charge in [0.2, 0.25) is 12.4 Å². The fourth-order valence-electron chi connectivity index (χ4n) is 1.27. The topological polar surface area (TPSA) is 82.3 Å². The minimum atomic E-state index is -0.426. The molecule has 6 nitrogen and oxygen atoms in total. The number of ketones is 1. The molecule has 18 heavy (non-hydrogen) atoms. The Labute approximate surface area is 104 Å². The maximum absolute atomic E-state index is 11.4. The normalized spacial score (nSPS) is 10.5. The summed E-state index contributed by atoms with van der Waals surface area (Å²) in [5.41, 5.74) is 0.776. The van der Waals surface area contributed by atoms with Gasteiger partial charge in [-0.3, -0.25) is 14.9 Å². The minimum absolute atomic E-state index is 0.132. The highest BCUT2D eigenvalue weighted by molar-refractivity contribution is 5.93. The molecule has 0 aliphatic carbocycles. The van der Waals surface area contributed by atoms with Crippen molar-refractivity contribution in [1.82, 2.24) is 4.98 Å². The number of carbonyl (C=O) groups excluding carboxylic acids is 1. The van der Waals surface area contributed by atoms with Crippen LogP contribution in [0.3, 0.4) is 0 Å². The number of ether oxygens (including phenoxy) is 1. The van der Waals surface area contributed by atoms with E-state index < -0.39 is 4.92 Å². The van der Waals surface area contributed by atoms with Gasteiger partial charge in [-0.05, 0) is 23.8 Å². The van der Waals surface area contributed by atoms with Crippen LogP contribution in [0.2, 0.25) is 0 Å². The third kappa shape index (κ3) is 5.20. The average Bonchev–Trinajstić information content (AvgIpc) is 2.36. The molecule has 1 heterocycles. The molecule has 0 radical (unpaired) electrons. The van der Waals surface area contributed by atoms with Crippen LogP contribution in [0.15, 0.2) is 24.4 Å². The Balaban J connectivity index is 2.42. The average molecular weight is 250 g/mol. The van der Waals surface area contributed by atoms with Gasteiger partial charge in [-0.15, -0.1) is 0 Å². The van der Waals surface area contributed by atoms with E-state index >= 15 is 0 Å². The van der Waals surface area contributed by atoms with Crippen LogP contribution >= 0.6 is 0 Å². The highest BCUT2D eigenvalue weighted by atomic mass is 16.6. The molecule has 96 valence electrons. The zero-order valence-corrected chi connectivity index (χ0v) is 10.0. The zero-order valence-electron chi connectivity index (χ0n) is 10.0. The van der Waals surface area contributed by atoms with Gasteiger partial charge >= 0.3 is 0 Å². The van der Waals surface area contributed by atoms with Crippen molar-refractivity contribution in [1.29, 1.82) is 0 Å². The van der Waals surface area contributed by atoms with E-state index in [1.807, 2.05) is 0 Å². The smallest absolute Gasteiger partial charge is 0.212 e. The van der Waals surface area contributed by atoms with E-state index in [9.17, 15) is 14.9 Å². The highest BCUT2D eigenvalue weighted by Crippen LogP contribution is 2.08. The van der Waals surface area contributed by atoms with Crippen LogP contribution in [0.5, 0.6) is 5.88 Å². The summed E-state index contributed by atoms with van der Waals surface area (Å²) in [4.78, 5) is 25.0. The molecular weight excluding hydrogens is 236 g/mol. The number of carbonyl (C=O) groups is 1. The SMILES string of the molecule is COc1ccc(C=CC(=O)CCC[N+](=O)[O-])cn1. The van der Waals surface area contributed by atoms with Crippen molar-refractivity contribution in [2.75, 3.05) is 13.7 Å². The van der Waals surface area contributed by atoms with Gasteiger partial charge in [0.25, 0.3) is 0 Å². The van der Waals surface area contributed by atoms with Crippen molar-refractivity contribution >= 4 is 11.9 Å². The van der Waals surface area contributed by atoms with Crippen LogP contribution in [0.25, 0.3) is 6.08 Å². The fraction of sp³-hybridized carbons (Fsp3) is 0.333. The molecule has 0 saturated heterocycles. The van der Waals surface area contributed by atoms with Crippen LogP contribution in [-0.4, -0.2) is 29.3 Å². The van der Waals surface area contributed by atoms with E-state index in [1.165, 1.54) is 13.2 Å². The second-order valence-corrected chi connectivity index (χ2v) is 3.59. The van der Waals surface area contributed by atoms with Gasteiger partial charge in [0, 0.05) is 30.0 Å². The largest absolute Gasteiger partial charge is 0.481 e. The quantitative estimate of drug-likeness (QED) is 0.418. The molecule has 0 amide bonds. The molecule has 0 N–H and O–H groups in total. The molecule has 0 bridgehead atoms. The molecular formula is C12H14N2O4. The maximum Gasteiger partial charge on any atom is 0.212 e. The summed E-state index contributed by atoms with van der Waals surface area (Å²) in [5.74, 6) is 0.372. The summed E-state index contributed by atoms with van der Waals surface area (Å²) in [6.07, 6.45) is 5.06. The van der Waals surface area contributed by atoms with Gasteiger partial charge < -0.3 is 4.74 Å². The summed E-state index contributed by atoms with van der Waals surface area (Å²) >= 11 is 0. The first kappa shape index (κ1) is 13.8. The molecule has 0 aliphatic heterocycles. The zero-order chi connectivity index (χ0) is 13.4. The predicted molar refractivity (Wildman–Crippen MR) is 65.9 cm³/mol. The molecule has 0 atom stereocenters. The summed E-state index contributed by atoms with van der Waals surface area (Å²) in [5, 5.41) is 10.1. The number of hydrogen-bond donors (Lipinski definition) is 0. The molecule has 0 fully saturated rings. The van der Waals surface area contributed by atoms with Crippen LogP contribution in [0.1, 0.15) is 18.4 Å². The van der Waals surface area contributed by atoms with Crippen molar-refractivity contribution in [3.63, 3.8) is 0 Å². The molecule has 0 unspecified atom stereocenters. The second kappa shape index (κ2) is 7.16. The Morgan fingerprint density at radius 2 is 2.33 bits per heavy atom. The molecule has 0 spiro atoms. The molecule has 0 aliphatic rings. The number of methoxy groups -OCH3 is 1. The Morgan fingerprint density at radius 3 is 2.89 bits per heavy atom. The molecule has 0 saturated carbocycles. The third-order valence-electron chi connectivity index (χ3n) is 2.19. The van der Waals surface area contributed by atoms with Crippen molar-refractivity contribution in [2.24, 2.45) is 0 Å². The van der Waals surface area contributed by atoms with Crippen molar-refractivity contribution < 1.29 is 14.5 Å². The molecule has 6 heteroatoms. The molecule has 0 aromatic carbocycles. The van der Waals surface area contributed by atoms with Crippen LogP contribution < -0.4 is 4.74 Å². The number of nitrogens with zero attached hydrogens (tertiary/aromatic N) is 2. The van der Waals surface area contributed by atoms with E-state index in [0.29, 0.717) is 5.88 Å². The van der Waals surface area contributed by atoms with E-state index in [1.54, 1.807) is 24.4 Å². The Bertz CT molecular complexity index is 440. The first-order valence-electron chi connectivity index (χ1n) is 5.44. The van der Waals surface area contributed by atoms with Crippen LogP contribution in [0, 0.1) is 10.1 Å². The van der Waals surface area contributed by atoms with E-state index in [4.69, 9.17) is 4.74 Å². The minimum Gasteiger partial charge on any atom is -0.481 e. The van der Waals surface area contributed by atoms with E-state index in [0.717, 1.165) is 5.56 Å². The summed E-state index contributed by atoms with van der Waals surface area (Å²) in [7, 11) is 1.52. The lowest BCUT2D eigenvalue weighted by molar-refractivity contribution is -0.480. The number of aromatic nitrogens is 1.